The Bertz CT molecular complexity index is 792. The smallest absolute Gasteiger partial charge is 0.255 e. The summed E-state index contributed by atoms with van der Waals surface area (Å²) in [6.45, 7) is 2.99. The molecule has 1 heterocycles. The highest BCUT2D eigenvalue weighted by Crippen LogP contribution is 2.23. The highest BCUT2D eigenvalue weighted by Gasteiger charge is 2.13. The van der Waals surface area contributed by atoms with Gasteiger partial charge in [0.05, 0.1) is 12.2 Å². The van der Waals surface area contributed by atoms with Gasteiger partial charge in [0.15, 0.2) is 0 Å². The minimum Gasteiger partial charge on any atom is -0.493 e. The molecule has 4 N–H and O–H groups in total. The summed E-state index contributed by atoms with van der Waals surface area (Å²) in [5.74, 6) is 0.663. The predicted molar refractivity (Wildman–Crippen MR) is 96.3 cm³/mol. The van der Waals surface area contributed by atoms with E-state index in [9.17, 15) is 9.59 Å². The van der Waals surface area contributed by atoms with Crippen LogP contribution in [0.3, 0.4) is 0 Å². The molecular formula is C17H21ClN4O3. The second kappa shape index (κ2) is 9.19. The van der Waals surface area contributed by atoms with Gasteiger partial charge in [-0.05, 0) is 38.1 Å². The van der Waals surface area contributed by atoms with Gasteiger partial charge < -0.3 is 20.8 Å². The van der Waals surface area contributed by atoms with Gasteiger partial charge in [-0.15, -0.1) is 0 Å². The Morgan fingerprint density at radius 1 is 1.40 bits per heavy atom. The number of nitrogens with two attached hydrogens (primary N) is 1. The van der Waals surface area contributed by atoms with E-state index in [0.29, 0.717) is 60.4 Å². The van der Waals surface area contributed by atoms with E-state index in [4.69, 9.17) is 22.1 Å². The summed E-state index contributed by atoms with van der Waals surface area (Å²) in [6, 6.07) is 6.27. The van der Waals surface area contributed by atoms with Crippen molar-refractivity contribution in [3.05, 3.63) is 56.7 Å². The average Bonchev–Trinajstić information content (AvgIpc) is 2.54. The Kier molecular flexibility index (Phi) is 6.97. The number of halogens is 1. The fraction of sp³-hybridized carbons (Fsp3) is 0.353. The van der Waals surface area contributed by atoms with Crippen molar-refractivity contribution < 1.29 is 9.53 Å². The molecule has 1 aromatic carbocycles. The third-order valence-corrected chi connectivity index (χ3v) is 3.60. The maximum atomic E-state index is 12.4. The number of benzene rings is 1. The molecule has 0 radical (unpaired) electrons. The molecule has 0 saturated carbocycles. The van der Waals surface area contributed by atoms with Crippen molar-refractivity contribution >= 4 is 17.5 Å². The van der Waals surface area contributed by atoms with Crippen molar-refractivity contribution in [1.82, 2.24) is 15.3 Å². The summed E-state index contributed by atoms with van der Waals surface area (Å²) >= 11 is 5.97. The number of ether oxygens (including phenoxy) is 1. The van der Waals surface area contributed by atoms with E-state index in [1.165, 1.54) is 6.07 Å². The number of aromatic nitrogens is 2. The number of nitrogens with one attached hydrogen (secondary N) is 2. The van der Waals surface area contributed by atoms with Crippen LogP contribution in [0.5, 0.6) is 5.75 Å². The molecule has 1 aromatic heterocycles. The van der Waals surface area contributed by atoms with Crippen LogP contribution in [0.25, 0.3) is 0 Å². The number of nitrogens with zero attached hydrogens (tertiary/aromatic N) is 1. The molecule has 0 spiro atoms. The number of amides is 1. The Morgan fingerprint density at radius 3 is 2.92 bits per heavy atom. The van der Waals surface area contributed by atoms with E-state index in [1.807, 2.05) is 0 Å². The molecule has 0 aliphatic rings. The van der Waals surface area contributed by atoms with E-state index in [0.717, 1.165) is 0 Å². The molecule has 0 saturated heterocycles. The lowest BCUT2D eigenvalue weighted by molar-refractivity contribution is 0.0950. The van der Waals surface area contributed by atoms with Crippen molar-refractivity contribution in [1.29, 1.82) is 0 Å². The fourth-order valence-corrected chi connectivity index (χ4v) is 2.38. The van der Waals surface area contributed by atoms with Crippen LogP contribution >= 0.6 is 11.6 Å². The van der Waals surface area contributed by atoms with Crippen LogP contribution < -0.4 is 21.3 Å². The molecule has 2 aromatic rings. The third kappa shape index (κ3) is 5.88. The molecule has 0 fully saturated rings. The Labute approximate surface area is 150 Å². The van der Waals surface area contributed by atoms with Gasteiger partial charge in [-0.1, -0.05) is 11.6 Å². The van der Waals surface area contributed by atoms with Gasteiger partial charge in [0, 0.05) is 29.7 Å². The van der Waals surface area contributed by atoms with E-state index in [1.54, 1.807) is 25.1 Å². The van der Waals surface area contributed by atoms with Crippen molar-refractivity contribution in [2.75, 3.05) is 19.7 Å². The van der Waals surface area contributed by atoms with Crippen LogP contribution in [-0.2, 0) is 6.42 Å². The minimum atomic E-state index is -0.283. The number of aromatic amines is 1. The predicted octanol–water partition coefficient (Wildman–Crippen LogP) is 1.43. The van der Waals surface area contributed by atoms with Gasteiger partial charge in [0.1, 0.15) is 11.6 Å². The largest absolute Gasteiger partial charge is 0.493 e. The maximum Gasteiger partial charge on any atom is 0.255 e. The maximum absolute atomic E-state index is 12.4. The number of carbonyl (C=O) groups is 1. The highest BCUT2D eigenvalue weighted by atomic mass is 35.5. The number of hydrogen-bond donors (Lipinski definition) is 3. The van der Waals surface area contributed by atoms with Gasteiger partial charge in [-0.25, -0.2) is 4.98 Å². The number of carbonyl (C=O) groups excluding carboxylic acids is 1. The van der Waals surface area contributed by atoms with Crippen molar-refractivity contribution in [2.45, 2.75) is 19.8 Å². The Balaban J connectivity index is 1.99. The van der Waals surface area contributed by atoms with Crippen molar-refractivity contribution in [2.24, 2.45) is 5.73 Å². The van der Waals surface area contributed by atoms with Crippen LogP contribution in [0.15, 0.2) is 29.1 Å². The van der Waals surface area contributed by atoms with E-state index in [2.05, 4.69) is 15.3 Å². The molecular weight excluding hydrogens is 344 g/mol. The summed E-state index contributed by atoms with van der Waals surface area (Å²) in [5.41, 5.74) is 6.27. The van der Waals surface area contributed by atoms with Crippen LogP contribution in [0.4, 0.5) is 0 Å². The number of H-pyrrole nitrogens is 1. The first kappa shape index (κ1) is 19.0. The first-order chi connectivity index (χ1) is 12.0. The minimum absolute atomic E-state index is 0.206. The SMILES string of the molecule is Cc1cc(=O)[nH]c(CCNC(=O)c2ccc(Cl)cc2OCCCN)n1. The fourth-order valence-electron chi connectivity index (χ4n) is 2.22. The topological polar surface area (TPSA) is 110 Å². The molecule has 2 rings (SSSR count). The second-order valence-corrected chi connectivity index (χ2v) is 5.91. The van der Waals surface area contributed by atoms with Crippen LogP contribution in [0.1, 0.15) is 28.3 Å². The van der Waals surface area contributed by atoms with Crippen molar-refractivity contribution in [3.63, 3.8) is 0 Å². The quantitative estimate of drug-likeness (QED) is 0.614. The molecule has 8 heteroatoms. The summed E-state index contributed by atoms with van der Waals surface area (Å²) in [4.78, 5) is 30.7. The normalized spacial score (nSPS) is 10.5. The van der Waals surface area contributed by atoms with E-state index in [-0.39, 0.29) is 11.5 Å². The zero-order valence-corrected chi connectivity index (χ0v) is 14.7. The Morgan fingerprint density at radius 2 is 2.20 bits per heavy atom. The third-order valence-electron chi connectivity index (χ3n) is 3.36. The molecule has 0 aliphatic heterocycles. The summed E-state index contributed by atoms with van der Waals surface area (Å²) in [7, 11) is 0. The van der Waals surface area contributed by atoms with Crippen LogP contribution in [0, 0.1) is 6.92 Å². The molecule has 25 heavy (non-hydrogen) atoms. The lowest BCUT2D eigenvalue weighted by atomic mass is 10.2. The van der Waals surface area contributed by atoms with Crippen LogP contribution in [0.2, 0.25) is 5.02 Å². The number of hydrogen-bond acceptors (Lipinski definition) is 5. The molecule has 1 amide bonds. The monoisotopic (exact) mass is 364 g/mol. The van der Waals surface area contributed by atoms with E-state index < -0.39 is 0 Å². The first-order valence-electron chi connectivity index (χ1n) is 7.97. The first-order valence-corrected chi connectivity index (χ1v) is 8.35. The second-order valence-electron chi connectivity index (χ2n) is 5.47. The molecule has 0 aliphatic carbocycles. The lowest BCUT2D eigenvalue weighted by Gasteiger charge is -2.12. The zero-order chi connectivity index (χ0) is 18.2. The number of aryl methyl sites for hydroxylation is 1. The average molecular weight is 365 g/mol. The number of rotatable bonds is 8. The molecule has 0 unspecified atom stereocenters. The zero-order valence-electron chi connectivity index (χ0n) is 14.0. The van der Waals surface area contributed by atoms with Crippen molar-refractivity contribution in [3.8, 4) is 5.75 Å². The van der Waals surface area contributed by atoms with Gasteiger partial charge in [0.2, 0.25) is 0 Å². The van der Waals surface area contributed by atoms with Gasteiger partial charge in [-0.2, -0.15) is 0 Å². The van der Waals surface area contributed by atoms with Gasteiger partial charge in [0.25, 0.3) is 11.5 Å². The molecule has 134 valence electrons. The van der Waals surface area contributed by atoms with E-state index >= 15 is 0 Å². The molecule has 7 nitrogen and oxygen atoms in total. The highest BCUT2D eigenvalue weighted by molar-refractivity contribution is 6.30. The summed E-state index contributed by atoms with van der Waals surface area (Å²) in [6.07, 6.45) is 1.10. The van der Waals surface area contributed by atoms with Crippen LogP contribution in [-0.4, -0.2) is 35.6 Å². The molecule has 0 atom stereocenters. The standard InChI is InChI=1S/C17H21ClN4O3/c1-11-9-16(23)22-15(21-11)5-7-20-17(24)13-4-3-12(18)10-14(13)25-8-2-6-19/h3-4,9-10H,2,5-8,19H2,1H3,(H,20,24)(H,21,22,23). The lowest BCUT2D eigenvalue weighted by Crippen LogP contribution is -2.27. The Hall–Kier alpha value is -2.38. The molecule has 0 bridgehead atoms. The summed E-state index contributed by atoms with van der Waals surface area (Å²) in [5, 5.41) is 3.27. The summed E-state index contributed by atoms with van der Waals surface area (Å²) < 4.78 is 5.59. The van der Waals surface area contributed by atoms with Gasteiger partial charge in [-0.3, -0.25) is 9.59 Å². The van der Waals surface area contributed by atoms with Gasteiger partial charge >= 0.3 is 0 Å².